The summed E-state index contributed by atoms with van der Waals surface area (Å²) in [6.07, 6.45) is 0. The number of esters is 1. The third kappa shape index (κ3) is 5.60. The van der Waals surface area contributed by atoms with E-state index in [1.54, 1.807) is 24.3 Å². The molecule has 0 saturated carbocycles. The highest BCUT2D eigenvalue weighted by atomic mass is 35.5. The first-order valence-corrected chi connectivity index (χ1v) is 7.01. The Morgan fingerprint density at radius 3 is 2.57 bits per heavy atom. The van der Waals surface area contributed by atoms with Crippen molar-refractivity contribution in [2.24, 2.45) is 0 Å². The van der Waals surface area contributed by atoms with Crippen LogP contribution in [-0.4, -0.2) is 25.1 Å². The van der Waals surface area contributed by atoms with Gasteiger partial charge in [-0.3, -0.25) is 4.79 Å². The van der Waals surface area contributed by atoms with E-state index in [1.807, 2.05) is 6.07 Å². The zero-order valence-electron chi connectivity index (χ0n) is 11.9. The molecule has 0 aliphatic heterocycles. The Hall–Kier alpha value is -2.60. The number of para-hydroxylation sites is 1. The molecule has 5 nitrogen and oxygen atoms in total. The molecule has 0 radical (unpaired) electrons. The standard InChI is InChI=1S/C16H13ClFNO4/c17-13-7-6-11(18)8-14(13)19-15(20)9-23-16(21)10-22-12-4-2-1-3-5-12/h1-8H,9-10H2,(H,19,20). The van der Waals surface area contributed by atoms with Crippen LogP contribution < -0.4 is 10.1 Å². The van der Waals surface area contributed by atoms with E-state index in [4.69, 9.17) is 21.1 Å². The van der Waals surface area contributed by atoms with Crippen LogP contribution in [0.25, 0.3) is 0 Å². The number of ether oxygens (including phenoxy) is 2. The summed E-state index contributed by atoms with van der Waals surface area (Å²) in [5.41, 5.74) is 0.105. The Bertz CT molecular complexity index is 694. The quantitative estimate of drug-likeness (QED) is 0.823. The number of hydrogen-bond acceptors (Lipinski definition) is 4. The molecule has 120 valence electrons. The minimum atomic E-state index is -0.700. The summed E-state index contributed by atoms with van der Waals surface area (Å²) in [5, 5.41) is 2.53. The summed E-state index contributed by atoms with van der Waals surface area (Å²) in [4.78, 5) is 23.1. The van der Waals surface area contributed by atoms with Crippen LogP contribution in [0.2, 0.25) is 5.02 Å². The van der Waals surface area contributed by atoms with Crippen molar-refractivity contribution in [2.75, 3.05) is 18.5 Å². The molecule has 1 amide bonds. The maximum atomic E-state index is 13.1. The molecule has 2 aromatic carbocycles. The van der Waals surface area contributed by atoms with Gasteiger partial charge in [0.25, 0.3) is 5.91 Å². The lowest BCUT2D eigenvalue weighted by Crippen LogP contribution is -2.23. The van der Waals surface area contributed by atoms with E-state index in [9.17, 15) is 14.0 Å². The van der Waals surface area contributed by atoms with Crippen molar-refractivity contribution in [1.29, 1.82) is 0 Å². The van der Waals surface area contributed by atoms with Gasteiger partial charge < -0.3 is 14.8 Å². The summed E-state index contributed by atoms with van der Waals surface area (Å²) in [7, 11) is 0. The van der Waals surface area contributed by atoms with E-state index < -0.39 is 24.3 Å². The van der Waals surface area contributed by atoms with Gasteiger partial charge in [-0.2, -0.15) is 0 Å². The summed E-state index contributed by atoms with van der Waals surface area (Å²) in [5.74, 6) is -1.36. The van der Waals surface area contributed by atoms with Gasteiger partial charge in [0.05, 0.1) is 10.7 Å². The van der Waals surface area contributed by atoms with Crippen molar-refractivity contribution in [3.63, 3.8) is 0 Å². The molecule has 0 aromatic heterocycles. The minimum Gasteiger partial charge on any atom is -0.482 e. The zero-order chi connectivity index (χ0) is 16.7. The van der Waals surface area contributed by atoms with Crippen molar-refractivity contribution < 1.29 is 23.5 Å². The monoisotopic (exact) mass is 337 g/mol. The Kier molecular flexibility index (Phi) is 5.94. The van der Waals surface area contributed by atoms with Gasteiger partial charge >= 0.3 is 5.97 Å². The number of nitrogens with one attached hydrogen (secondary N) is 1. The van der Waals surface area contributed by atoms with E-state index in [0.29, 0.717) is 5.75 Å². The van der Waals surface area contributed by atoms with Crippen LogP contribution in [-0.2, 0) is 14.3 Å². The van der Waals surface area contributed by atoms with E-state index in [1.165, 1.54) is 12.1 Å². The third-order valence-electron chi connectivity index (χ3n) is 2.67. The predicted molar refractivity (Wildman–Crippen MR) is 82.9 cm³/mol. The maximum Gasteiger partial charge on any atom is 0.344 e. The van der Waals surface area contributed by atoms with Crippen LogP contribution in [0.3, 0.4) is 0 Å². The maximum absolute atomic E-state index is 13.1. The largest absolute Gasteiger partial charge is 0.482 e. The molecule has 0 aliphatic carbocycles. The Labute approximate surface area is 137 Å². The molecule has 0 spiro atoms. The number of amides is 1. The number of anilines is 1. The van der Waals surface area contributed by atoms with Crippen LogP contribution in [0.5, 0.6) is 5.75 Å². The van der Waals surface area contributed by atoms with Gasteiger partial charge in [0, 0.05) is 0 Å². The van der Waals surface area contributed by atoms with Gasteiger partial charge in [-0.05, 0) is 30.3 Å². The lowest BCUT2D eigenvalue weighted by molar-refractivity contribution is -0.149. The molecule has 2 aromatic rings. The fraction of sp³-hybridized carbons (Fsp3) is 0.125. The lowest BCUT2D eigenvalue weighted by Gasteiger charge is -2.09. The summed E-state index contributed by atoms with van der Waals surface area (Å²) >= 11 is 5.81. The van der Waals surface area contributed by atoms with E-state index >= 15 is 0 Å². The Balaban J connectivity index is 1.75. The number of benzene rings is 2. The second-order valence-corrected chi connectivity index (χ2v) is 4.84. The van der Waals surface area contributed by atoms with Crippen LogP contribution >= 0.6 is 11.6 Å². The molecule has 0 aliphatic rings. The second kappa shape index (κ2) is 8.14. The van der Waals surface area contributed by atoms with E-state index in [-0.39, 0.29) is 17.3 Å². The predicted octanol–water partition coefficient (Wildman–Crippen LogP) is 3.04. The number of halogens is 2. The van der Waals surface area contributed by atoms with Gasteiger partial charge in [-0.1, -0.05) is 29.8 Å². The molecular formula is C16H13ClFNO4. The fourth-order valence-electron chi connectivity index (χ4n) is 1.63. The van der Waals surface area contributed by atoms with Gasteiger partial charge in [-0.15, -0.1) is 0 Å². The van der Waals surface area contributed by atoms with E-state index in [0.717, 1.165) is 6.07 Å². The highest BCUT2D eigenvalue weighted by Gasteiger charge is 2.11. The summed E-state index contributed by atoms with van der Waals surface area (Å²) in [6.45, 7) is -0.845. The Morgan fingerprint density at radius 1 is 1.09 bits per heavy atom. The van der Waals surface area contributed by atoms with Gasteiger partial charge in [-0.25, -0.2) is 9.18 Å². The fourth-order valence-corrected chi connectivity index (χ4v) is 1.79. The Morgan fingerprint density at radius 2 is 1.83 bits per heavy atom. The molecule has 0 heterocycles. The molecule has 0 bridgehead atoms. The molecule has 0 saturated heterocycles. The van der Waals surface area contributed by atoms with Crippen LogP contribution in [0.1, 0.15) is 0 Å². The SMILES string of the molecule is O=C(COC(=O)COc1ccccc1)Nc1cc(F)ccc1Cl. The second-order valence-electron chi connectivity index (χ2n) is 4.43. The molecular weight excluding hydrogens is 325 g/mol. The lowest BCUT2D eigenvalue weighted by atomic mass is 10.3. The van der Waals surface area contributed by atoms with Crippen molar-refractivity contribution in [1.82, 2.24) is 0 Å². The van der Waals surface area contributed by atoms with Crippen molar-refractivity contribution >= 4 is 29.2 Å². The molecule has 7 heteroatoms. The van der Waals surface area contributed by atoms with Gasteiger partial charge in [0.1, 0.15) is 11.6 Å². The minimum absolute atomic E-state index is 0.105. The van der Waals surface area contributed by atoms with Crippen LogP contribution in [0, 0.1) is 5.82 Å². The molecule has 23 heavy (non-hydrogen) atoms. The smallest absolute Gasteiger partial charge is 0.344 e. The van der Waals surface area contributed by atoms with Crippen molar-refractivity contribution in [3.05, 3.63) is 59.4 Å². The molecule has 0 atom stereocenters. The highest BCUT2D eigenvalue weighted by molar-refractivity contribution is 6.33. The van der Waals surface area contributed by atoms with Gasteiger partial charge in [0.15, 0.2) is 13.2 Å². The first-order chi connectivity index (χ1) is 11.0. The number of rotatable bonds is 6. The topological polar surface area (TPSA) is 64.6 Å². The van der Waals surface area contributed by atoms with E-state index in [2.05, 4.69) is 5.32 Å². The van der Waals surface area contributed by atoms with Crippen LogP contribution in [0.15, 0.2) is 48.5 Å². The molecule has 0 unspecified atom stereocenters. The first kappa shape index (κ1) is 16.8. The van der Waals surface area contributed by atoms with Crippen molar-refractivity contribution in [3.8, 4) is 5.75 Å². The zero-order valence-corrected chi connectivity index (χ0v) is 12.7. The van der Waals surface area contributed by atoms with Crippen molar-refractivity contribution in [2.45, 2.75) is 0 Å². The average Bonchev–Trinajstić information content (AvgIpc) is 2.55. The molecule has 2 rings (SSSR count). The molecule has 1 N–H and O–H groups in total. The number of carbonyl (C=O) groups excluding carboxylic acids is 2. The highest BCUT2D eigenvalue weighted by Crippen LogP contribution is 2.22. The summed E-state index contributed by atoms with van der Waals surface area (Å²) < 4.78 is 23.0. The number of hydrogen-bond donors (Lipinski definition) is 1. The van der Waals surface area contributed by atoms with Crippen LogP contribution in [0.4, 0.5) is 10.1 Å². The number of carbonyl (C=O) groups is 2. The van der Waals surface area contributed by atoms with Gasteiger partial charge in [0.2, 0.25) is 0 Å². The molecule has 0 fully saturated rings. The normalized spacial score (nSPS) is 10.0. The summed E-state index contributed by atoms with van der Waals surface area (Å²) in [6, 6.07) is 12.3. The first-order valence-electron chi connectivity index (χ1n) is 6.63. The average molecular weight is 338 g/mol. The third-order valence-corrected chi connectivity index (χ3v) is 3.00.